The molecule has 0 N–H and O–H groups in total. The molecule has 0 aliphatic carbocycles. The minimum Gasteiger partial charge on any atom is -0.465 e. The van der Waals surface area contributed by atoms with Crippen molar-refractivity contribution in [3.8, 4) is 0 Å². The largest absolute Gasteiger partial charge is 0.515 e. The third-order valence-electron chi connectivity index (χ3n) is 16.5. The molecule has 0 amide bonds. The molecule has 4 aliphatic rings. The molecular weight excluding hydrogens is 1610 g/mol. The molecule has 0 spiro atoms. The smallest absolute Gasteiger partial charge is 0.465 e. The molecule has 0 saturated carbocycles. The first-order chi connectivity index (χ1) is 48.2. The van der Waals surface area contributed by atoms with E-state index in [1.54, 1.807) is 27.7 Å². The van der Waals surface area contributed by atoms with Gasteiger partial charge in [0, 0.05) is 42.4 Å². The molecule has 4 aliphatic heterocycles. The molecule has 4 fully saturated rings. The van der Waals surface area contributed by atoms with Crippen molar-refractivity contribution in [1.29, 1.82) is 0 Å². The van der Waals surface area contributed by atoms with E-state index in [-0.39, 0.29) is 38.8 Å². The molecule has 4 radical (unpaired) electrons. The topological polar surface area (TPSA) is 182 Å². The van der Waals surface area contributed by atoms with E-state index in [2.05, 4.69) is 58.0 Å². The van der Waals surface area contributed by atoms with Crippen LogP contribution in [0.3, 0.4) is 0 Å². The molecule has 101 heavy (non-hydrogen) atoms. The van der Waals surface area contributed by atoms with E-state index in [4.69, 9.17) is 67.1 Å². The van der Waals surface area contributed by atoms with Gasteiger partial charge in [-0.1, -0.05) is 275 Å². The number of rotatable bonds is 27. The standard InChI is InChI=1S/C69H84Br2O18Si12/c1-68(2,70)66(72)74-53-35-55-92(7,8)78-97(61-43-25-14-26-44-61)81-94(57-58-37-19-11-20-38-58)80-95(76-90-5,59-39-21-12-22-40-59)83-100(86-97,64-49-31-17-32-50-64)89-101(65-51-33-18-34-52-65)85-96(77-91-6,60-41-23-13-24-42-60)84-99(82-94,63-47-29-16-30-48-63)87-98(88-101,62-45-27-15-28-46-62)79-93(9,10)56-36-54-75-67(73)69(3,4)71/h11-34,37-52H,35-36,53-57H2,1-10H3. The molecule has 8 atom stereocenters. The van der Waals surface area contributed by atoms with Gasteiger partial charge in [0.25, 0.3) is 0 Å². The lowest BCUT2D eigenvalue weighted by Crippen LogP contribution is -2.90. The van der Waals surface area contributed by atoms with E-state index < -0.39 is 108 Å². The number of halogens is 2. The van der Waals surface area contributed by atoms with Crippen molar-refractivity contribution >= 4 is 187 Å². The lowest BCUT2D eigenvalue weighted by molar-refractivity contribution is -0.146. The fourth-order valence-corrected chi connectivity index (χ4v) is 66.3. The summed E-state index contributed by atoms with van der Waals surface area (Å²) in [4.78, 5) is 26.7. The Kier molecular flexibility index (Phi) is 25.0. The summed E-state index contributed by atoms with van der Waals surface area (Å²) in [5.41, 5.74) is 0.734. The van der Waals surface area contributed by atoms with Gasteiger partial charge in [0.15, 0.2) is 16.6 Å². The summed E-state index contributed by atoms with van der Waals surface area (Å²) in [5.74, 6) is -0.796. The quantitative estimate of drug-likeness (QED) is 0.0205. The predicted molar refractivity (Wildman–Crippen MR) is 419 cm³/mol. The van der Waals surface area contributed by atoms with Gasteiger partial charge in [0.1, 0.15) is 8.65 Å². The van der Waals surface area contributed by atoms with Crippen molar-refractivity contribution in [3.05, 3.63) is 248 Å². The zero-order chi connectivity index (χ0) is 71.7. The normalized spacial score (nSPS) is 26.5. The third-order valence-corrected chi connectivity index (χ3v) is 60.7. The average molecular weight is 1700 g/mol. The highest BCUT2D eigenvalue weighted by Gasteiger charge is 2.80. The highest BCUT2D eigenvalue weighted by Crippen LogP contribution is 2.45. The van der Waals surface area contributed by atoms with Gasteiger partial charge in [-0.15, -0.1) is 0 Å². The van der Waals surface area contributed by atoms with E-state index in [1.807, 2.05) is 256 Å². The summed E-state index contributed by atoms with van der Waals surface area (Å²) >= 11 is 6.99. The number of benzene rings is 8. The first-order valence-corrected chi connectivity index (χ1v) is 58.1. The second-order valence-corrected chi connectivity index (χ2v) is 64.4. The first-order valence-electron chi connectivity index (χ1n) is 33.4. The van der Waals surface area contributed by atoms with Crippen LogP contribution in [0.4, 0.5) is 0 Å². The molecule has 8 unspecified atom stereocenters. The predicted octanol–water partition coefficient (Wildman–Crippen LogP) is 9.86. The molecule has 530 valence electrons. The number of hydrogen-bond donors (Lipinski definition) is 0. The van der Waals surface area contributed by atoms with Crippen LogP contribution in [-0.4, -0.2) is 140 Å². The fourth-order valence-electron chi connectivity index (χ4n) is 11.8. The Hall–Kier alpha value is -4.30. The Morgan fingerprint density at radius 2 is 0.624 bits per heavy atom. The maximum absolute atomic E-state index is 13.3. The zero-order valence-electron chi connectivity index (χ0n) is 58.1. The van der Waals surface area contributed by atoms with Crippen LogP contribution >= 0.6 is 31.9 Å². The molecular formula is C69H84Br2O18Si12. The van der Waals surface area contributed by atoms with Gasteiger partial charge in [-0.25, -0.2) is 0 Å². The first kappa shape index (κ1) is 77.8. The molecule has 4 saturated heterocycles. The Bertz CT molecular complexity index is 4020. The van der Waals surface area contributed by atoms with Crippen LogP contribution in [-0.2, 0) is 82.7 Å². The Morgan fingerprint density at radius 1 is 0.366 bits per heavy atom. The second-order valence-electron chi connectivity index (χ2n) is 26.6. The minimum absolute atomic E-state index is 0.104. The zero-order valence-corrected chi connectivity index (χ0v) is 73.3. The second kappa shape index (κ2) is 32.4. The van der Waals surface area contributed by atoms with E-state index in [0.717, 1.165) is 5.56 Å². The van der Waals surface area contributed by atoms with Crippen LogP contribution in [0, 0.1) is 0 Å². The Balaban J connectivity index is 1.34. The van der Waals surface area contributed by atoms with Crippen LogP contribution in [0.25, 0.3) is 0 Å². The number of ether oxygens (including phenoxy) is 2. The Labute approximate surface area is 626 Å². The van der Waals surface area contributed by atoms with Crippen LogP contribution in [0.15, 0.2) is 243 Å². The summed E-state index contributed by atoms with van der Waals surface area (Å²) in [7, 11) is -48.6. The van der Waals surface area contributed by atoms with Crippen LogP contribution in [0.2, 0.25) is 51.4 Å². The fraction of sp³-hybridized carbons (Fsp3) is 0.275. The molecule has 0 aromatic heterocycles. The van der Waals surface area contributed by atoms with Gasteiger partial charge in [-0.3, -0.25) is 9.59 Å². The lowest BCUT2D eigenvalue weighted by atomic mass is 10.2. The third kappa shape index (κ3) is 18.2. The minimum atomic E-state index is -5.41. The van der Waals surface area contributed by atoms with E-state index >= 15 is 0 Å². The van der Waals surface area contributed by atoms with Gasteiger partial charge in [-0.05, 0) is 97.5 Å². The average Bonchev–Trinajstić information content (AvgIpc) is 0.689. The van der Waals surface area contributed by atoms with E-state index in [0.29, 0.717) is 61.2 Å². The van der Waals surface area contributed by atoms with Gasteiger partial charge in [0.05, 0.1) is 13.2 Å². The molecule has 18 nitrogen and oxygen atoms in total. The van der Waals surface area contributed by atoms with Crippen molar-refractivity contribution in [2.24, 2.45) is 0 Å². The lowest BCUT2D eigenvalue weighted by Gasteiger charge is -2.57. The van der Waals surface area contributed by atoms with Crippen molar-refractivity contribution in [2.45, 2.75) is 107 Å². The number of carbonyl (C=O) groups is 2. The molecule has 4 bridgehead atoms. The summed E-state index contributed by atoms with van der Waals surface area (Å²) in [6.07, 6.45) is 0.839. The summed E-state index contributed by atoms with van der Waals surface area (Å²) in [6.45, 7) is 19.5. The summed E-state index contributed by atoms with van der Waals surface area (Å²) < 4.78 is 128. The van der Waals surface area contributed by atoms with Gasteiger partial charge in [-0.2, -0.15) is 0 Å². The van der Waals surface area contributed by atoms with Crippen molar-refractivity contribution in [1.82, 2.24) is 0 Å². The highest BCUT2D eigenvalue weighted by molar-refractivity contribution is 9.10. The van der Waals surface area contributed by atoms with Crippen LogP contribution < -0.4 is 36.3 Å². The van der Waals surface area contributed by atoms with Gasteiger partial charge >= 0.3 is 82.4 Å². The van der Waals surface area contributed by atoms with Crippen LogP contribution in [0.5, 0.6) is 0 Å². The number of fused-ring (bicyclic) bond motifs is 4. The SMILES string of the molecule is C[Si]O[Si]1(c2ccccc2)O[Si]2(Cc3ccccc3)O[Si](O[Si](C)(C)CCCOC(=O)C(C)(C)Br)(c3ccccc3)O[Si](c3ccccc3)(O1)O[Si]1(c3ccccc3)O[Si](O[Si]C)(c3ccccc3)O[Si](c3ccccc3)(O2)O[Si](O[Si](C)(C)CCCOC(=O)C(C)(C)Br)(c2ccccc2)O1. The molecule has 8 aromatic rings. The number of esters is 2. The van der Waals surface area contributed by atoms with Gasteiger partial charge < -0.3 is 67.1 Å². The van der Waals surface area contributed by atoms with Crippen molar-refractivity contribution in [3.63, 3.8) is 0 Å². The van der Waals surface area contributed by atoms with Gasteiger partial charge in [0.2, 0.25) is 19.5 Å². The summed E-state index contributed by atoms with van der Waals surface area (Å²) in [6, 6.07) is 77.8. The Morgan fingerprint density at radius 3 is 0.941 bits per heavy atom. The number of hydrogen-bond acceptors (Lipinski definition) is 18. The molecule has 32 heteroatoms. The van der Waals surface area contributed by atoms with E-state index in [1.165, 1.54) is 0 Å². The maximum Gasteiger partial charge on any atom is 0.515 e. The van der Waals surface area contributed by atoms with Crippen molar-refractivity contribution in [2.75, 3.05) is 13.2 Å². The highest BCUT2D eigenvalue weighted by atomic mass is 79.9. The number of carbonyl (C=O) groups excluding carboxylic acids is 2. The van der Waals surface area contributed by atoms with Crippen molar-refractivity contribution < 1.29 is 76.7 Å². The summed E-state index contributed by atoms with van der Waals surface area (Å²) in [5, 5.41) is 3.39. The monoisotopic (exact) mass is 1690 g/mol. The van der Waals surface area contributed by atoms with E-state index in [9.17, 15) is 9.59 Å². The molecule has 8 aromatic carbocycles. The molecule has 12 rings (SSSR count). The number of alkyl halides is 2. The molecule has 4 heterocycles. The van der Waals surface area contributed by atoms with Crippen LogP contribution in [0.1, 0.15) is 46.1 Å². The maximum atomic E-state index is 13.3.